The first kappa shape index (κ1) is 47.7. The van der Waals surface area contributed by atoms with Crippen molar-refractivity contribution >= 4 is 65.4 Å². The van der Waals surface area contributed by atoms with E-state index in [2.05, 4.69) is 299 Å². The highest BCUT2D eigenvalue weighted by molar-refractivity contribution is 6.15. The number of nitriles is 1. The largest absolute Gasteiger partial charge is 0.308 e. The number of pyridine rings is 1. The van der Waals surface area contributed by atoms with Gasteiger partial charge >= 0.3 is 0 Å². The van der Waals surface area contributed by atoms with Crippen LogP contribution in [0.4, 0.5) is 0 Å². The fourth-order valence-electron chi connectivity index (χ4n) is 12.7. The Morgan fingerprint density at radius 1 is 0.253 bits per heavy atom. The Balaban J connectivity index is 1.01. The molecule has 0 aliphatic heterocycles. The second-order valence-corrected chi connectivity index (χ2v) is 21.5. The summed E-state index contributed by atoms with van der Waals surface area (Å²) in [6.45, 7) is 0. The first-order valence-corrected chi connectivity index (χ1v) is 28.1. The number of nitrogens with zero attached hydrogens (tertiary/aromatic N) is 5. The average molecular weight is 1060 g/mol. The van der Waals surface area contributed by atoms with E-state index in [1.165, 1.54) is 11.1 Å². The number of fused-ring (bicyclic) bond motifs is 9. The summed E-state index contributed by atoms with van der Waals surface area (Å²) in [7, 11) is 0. The predicted octanol–water partition coefficient (Wildman–Crippen LogP) is 20.2. The molecule has 0 aliphatic carbocycles. The van der Waals surface area contributed by atoms with Crippen LogP contribution < -0.4 is 0 Å². The van der Waals surface area contributed by atoms with Gasteiger partial charge in [0.25, 0.3) is 0 Å². The van der Waals surface area contributed by atoms with E-state index >= 15 is 0 Å². The van der Waals surface area contributed by atoms with Crippen molar-refractivity contribution in [3.63, 3.8) is 0 Å². The molecule has 0 saturated carbocycles. The van der Waals surface area contributed by atoms with E-state index < -0.39 is 0 Å². The number of benzene rings is 12. The van der Waals surface area contributed by atoms with Crippen molar-refractivity contribution in [1.82, 2.24) is 18.7 Å². The van der Waals surface area contributed by atoms with Gasteiger partial charge in [-0.25, -0.2) is 4.98 Å². The van der Waals surface area contributed by atoms with Crippen LogP contribution in [0.3, 0.4) is 0 Å². The van der Waals surface area contributed by atoms with Crippen LogP contribution in [-0.2, 0) is 0 Å². The third kappa shape index (κ3) is 8.04. The SMILES string of the molecule is N#Cc1cccc(-c2ccc3c(c2)c2cc(-c4ccccc4)ccc2n3-c2cc(-n3c4ccc(-c5ccccc5)cc4c4cc(-c5ccccc5)ccc43)cnc2-n2c3ccc(-c4ccccc4)cc3c3cc(-c4ccccc4)ccc32)c1. The third-order valence-electron chi connectivity index (χ3n) is 16.7. The van der Waals surface area contributed by atoms with Gasteiger partial charge in [0, 0.05) is 32.3 Å². The summed E-state index contributed by atoms with van der Waals surface area (Å²) >= 11 is 0. The lowest BCUT2D eigenvalue weighted by atomic mass is 9.99. The summed E-state index contributed by atoms with van der Waals surface area (Å²) in [6.07, 6.45) is 2.07. The molecule has 0 N–H and O–H groups in total. The minimum atomic E-state index is 0.625. The monoisotopic (exact) mass is 1060 g/mol. The highest BCUT2D eigenvalue weighted by Crippen LogP contribution is 2.44. The van der Waals surface area contributed by atoms with Crippen LogP contribution >= 0.6 is 0 Å². The summed E-state index contributed by atoms with van der Waals surface area (Å²) in [5.41, 5.74) is 22.4. The molecule has 0 unspecified atom stereocenters. The topological polar surface area (TPSA) is 51.5 Å². The Morgan fingerprint density at radius 3 is 0.880 bits per heavy atom. The van der Waals surface area contributed by atoms with E-state index in [0.717, 1.165) is 138 Å². The van der Waals surface area contributed by atoms with E-state index in [9.17, 15) is 5.26 Å². The number of rotatable bonds is 9. The van der Waals surface area contributed by atoms with E-state index in [1.807, 2.05) is 18.2 Å². The van der Waals surface area contributed by atoms with Gasteiger partial charge in [0.1, 0.15) is 0 Å². The van der Waals surface area contributed by atoms with Gasteiger partial charge in [-0.15, -0.1) is 0 Å². The molecule has 0 atom stereocenters. The van der Waals surface area contributed by atoms with Crippen LogP contribution in [0.15, 0.2) is 297 Å². The molecule has 16 rings (SSSR count). The van der Waals surface area contributed by atoms with Crippen molar-refractivity contribution in [2.75, 3.05) is 0 Å². The Kier molecular flexibility index (Phi) is 11.2. The molecule has 0 spiro atoms. The van der Waals surface area contributed by atoms with Crippen LogP contribution in [0.2, 0.25) is 0 Å². The summed E-state index contributed by atoms with van der Waals surface area (Å²) in [4.78, 5) is 5.79. The minimum Gasteiger partial charge on any atom is -0.308 e. The molecule has 5 heteroatoms. The quantitative estimate of drug-likeness (QED) is 0.145. The lowest BCUT2D eigenvalue weighted by Crippen LogP contribution is -2.08. The molecular formula is C78H49N5. The first-order valence-electron chi connectivity index (χ1n) is 28.1. The Hall–Kier alpha value is -11.3. The molecular weight excluding hydrogens is 1010 g/mol. The maximum atomic E-state index is 10.0. The smallest absolute Gasteiger partial charge is 0.162 e. The van der Waals surface area contributed by atoms with Crippen LogP contribution in [0, 0.1) is 11.3 Å². The van der Waals surface area contributed by atoms with Gasteiger partial charge < -0.3 is 9.13 Å². The van der Waals surface area contributed by atoms with Gasteiger partial charge in [0.2, 0.25) is 0 Å². The maximum absolute atomic E-state index is 10.0. The van der Waals surface area contributed by atoms with Gasteiger partial charge in [0.05, 0.1) is 62.3 Å². The molecule has 0 radical (unpaired) electrons. The second kappa shape index (κ2) is 19.5. The minimum absolute atomic E-state index is 0.625. The van der Waals surface area contributed by atoms with E-state index in [-0.39, 0.29) is 0 Å². The highest BCUT2D eigenvalue weighted by atomic mass is 15.1. The summed E-state index contributed by atoms with van der Waals surface area (Å²) < 4.78 is 7.22. The zero-order chi connectivity index (χ0) is 55.0. The molecule has 0 bridgehead atoms. The zero-order valence-corrected chi connectivity index (χ0v) is 45.0. The fraction of sp³-hybridized carbons (Fsp3) is 0. The van der Waals surface area contributed by atoms with Crippen molar-refractivity contribution in [3.05, 3.63) is 303 Å². The van der Waals surface area contributed by atoms with Crippen molar-refractivity contribution in [2.24, 2.45) is 0 Å². The third-order valence-corrected chi connectivity index (χ3v) is 16.7. The summed E-state index contributed by atoms with van der Waals surface area (Å²) in [5, 5.41) is 16.8. The molecule has 5 nitrogen and oxygen atoms in total. The van der Waals surface area contributed by atoms with E-state index in [0.29, 0.717) is 5.56 Å². The van der Waals surface area contributed by atoms with Crippen LogP contribution in [0.5, 0.6) is 0 Å². The molecule has 386 valence electrons. The van der Waals surface area contributed by atoms with Gasteiger partial charge in [-0.3, -0.25) is 4.57 Å². The fourth-order valence-corrected chi connectivity index (χ4v) is 12.7. The Bertz CT molecular complexity index is 5050. The second-order valence-electron chi connectivity index (χ2n) is 21.5. The summed E-state index contributed by atoms with van der Waals surface area (Å²) in [5.74, 6) is 0.795. The molecule has 0 aliphatic rings. The van der Waals surface area contributed by atoms with Crippen molar-refractivity contribution in [1.29, 1.82) is 5.26 Å². The normalized spacial score (nSPS) is 11.6. The highest BCUT2D eigenvalue weighted by Gasteiger charge is 2.25. The predicted molar refractivity (Wildman–Crippen MR) is 345 cm³/mol. The lowest BCUT2D eigenvalue weighted by Gasteiger charge is -2.18. The average Bonchev–Trinajstić information content (AvgIpc) is 3.99. The molecule has 83 heavy (non-hydrogen) atoms. The number of aromatic nitrogens is 4. The zero-order valence-electron chi connectivity index (χ0n) is 45.0. The van der Waals surface area contributed by atoms with Crippen molar-refractivity contribution < 1.29 is 0 Å². The Morgan fingerprint density at radius 2 is 0.542 bits per heavy atom. The van der Waals surface area contributed by atoms with Crippen LogP contribution in [0.25, 0.3) is 149 Å². The van der Waals surface area contributed by atoms with Gasteiger partial charge in [-0.05, 0) is 158 Å². The van der Waals surface area contributed by atoms with Crippen LogP contribution in [-0.4, -0.2) is 18.7 Å². The van der Waals surface area contributed by atoms with E-state index in [4.69, 9.17) is 4.98 Å². The molecule has 0 saturated heterocycles. The first-order chi connectivity index (χ1) is 41.1. The summed E-state index contributed by atoms with van der Waals surface area (Å²) in [6, 6.07) is 107. The van der Waals surface area contributed by atoms with E-state index in [1.54, 1.807) is 0 Å². The number of hydrogen-bond donors (Lipinski definition) is 0. The maximum Gasteiger partial charge on any atom is 0.162 e. The number of hydrogen-bond acceptors (Lipinski definition) is 2. The van der Waals surface area contributed by atoms with Crippen molar-refractivity contribution in [3.8, 4) is 90.0 Å². The molecule has 16 aromatic rings. The molecule has 4 aromatic heterocycles. The van der Waals surface area contributed by atoms with Crippen LogP contribution in [0.1, 0.15) is 5.56 Å². The molecule has 12 aromatic carbocycles. The molecule has 4 heterocycles. The standard InChI is InChI=1S/C78H49N5/c79-49-51-17-16-28-57(41-51)63-34-38-74-68(47-63)67-44-60(54-22-10-3-11-23-54)31-37-73(67)82(74)77-48-64(81-71-35-29-58(52-18-6-1-7-19-52)42-65(71)66-43-59(30-36-72(66)81)53-20-8-2-9-21-53)50-80-78(77)83-75-39-32-61(55-24-12-4-13-25-55)45-69(75)70-46-62(33-40-76(70)83)56-26-14-5-15-27-56/h1-48,50H. The Labute approximate surface area is 479 Å². The molecule has 0 amide bonds. The van der Waals surface area contributed by atoms with Gasteiger partial charge in [0.15, 0.2) is 5.82 Å². The molecule has 0 fully saturated rings. The lowest BCUT2D eigenvalue weighted by molar-refractivity contribution is 1.01. The van der Waals surface area contributed by atoms with Gasteiger partial charge in [-0.2, -0.15) is 5.26 Å². The van der Waals surface area contributed by atoms with Gasteiger partial charge in [-0.1, -0.05) is 200 Å². The van der Waals surface area contributed by atoms with Crippen molar-refractivity contribution in [2.45, 2.75) is 0 Å².